The molecule has 0 radical (unpaired) electrons. The van der Waals surface area contributed by atoms with E-state index in [0.717, 1.165) is 0 Å². The first-order chi connectivity index (χ1) is 6.04. The summed E-state index contributed by atoms with van der Waals surface area (Å²) in [5, 5.41) is 12.8. The van der Waals surface area contributed by atoms with Gasteiger partial charge in [0, 0.05) is 12.1 Å². The summed E-state index contributed by atoms with van der Waals surface area (Å²) in [6, 6.07) is 0.895. The molecule has 1 unspecified atom stereocenters. The maximum absolute atomic E-state index is 9.26. The molecule has 1 aliphatic rings. The zero-order valence-electron chi connectivity index (χ0n) is 9.14. The molecule has 1 atom stereocenters. The van der Waals surface area contributed by atoms with Gasteiger partial charge in [-0.25, -0.2) is 0 Å². The zero-order chi connectivity index (χ0) is 9.90. The number of aliphatic hydroxyl groups is 1. The third-order valence-electron chi connectivity index (χ3n) is 3.02. The predicted molar refractivity (Wildman–Crippen MR) is 55.7 cm³/mol. The minimum absolute atomic E-state index is 0.164. The van der Waals surface area contributed by atoms with Crippen molar-refractivity contribution in [1.29, 1.82) is 0 Å². The van der Waals surface area contributed by atoms with Crippen LogP contribution in [0.2, 0.25) is 0 Å². The molecule has 78 valence electrons. The molecule has 1 aliphatic carbocycles. The molecule has 0 heterocycles. The van der Waals surface area contributed by atoms with Crippen LogP contribution in [0, 0.1) is 5.41 Å². The first kappa shape index (κ1) is 11.0. The average molecular weight is 185 g/mol. The summed E-state index contributed by atoms with van der Waals surface area (Å²) < 4.78 is 0. The topological polar surface area (TPSA) is 32.3 Å². The molecule has 2 heteroatoms. The lowest BCUT2D eigenvalue weighted by Crippen LogP contribution is -2.47. The van der Waals surface area contributed by atoms with E-state index in [1.54, 1.807) is 0 Å². The van der Waals surface area contributed by atoms with Gasteiger partial charge in [0.1, 0.15) is 0 Å². The van der Waals surface area contributed by atoms with Crippen LogP contribution in [0.5, 0.6) is 0 Å². The molecule has 2 nitrogen and oxygen atoms in total. The molecule has 1 fully saturated rings. The van der Waals surface area contributed by atoms with Crippen molar-refractivity contribution in [3.05, 3.63) is 0 Å². The van der Waals surface area contributed by atoms with Crippen LogP contribution in [-0.2, 0) is 0 Å². The van der Waals surface area contributed by atoms with E-state index in [-0.39, 0.29) is 18.1 Å². The van der Waals surface area contributed by atoms with E-state index in [1.807, 2.05) is 0 Å². The molecular weight excluding hydrogens is 162 g/mol. The second-order valence-electron chi connectivity index (χ2n) is 5.25. The van der Waals surface area contributed by atoms with Crippen LogP contribution in [0.15, 0.2) is 0 Å². The summed E-state index contributed by atoms with van der Waals surface area (Å²) in [7, 11) is 0. The molecule has 13 heavy (non-hydrogen) atoms. The third-order valence-corrected chi connectivity index (χ3v) is 3.02. The fourth-order valence-corrected chi connectivity index (χ4v) is 1.95. The van der Waals surface area contributed by atoms with Gasteiger partial charge in [-0.1, -0.05) is 33.6 Å². The van der Waals surface area contributed by atoms with Gasteiger partial charge in [0.25, 0.3) is 0 Å². The largest absolute Gasteiger partial charge is 0.395 e. The molecule has 2 N–H and O–H groups in total. The Balaban J connectivity index is 2.39. The summed E-state index contributed by atoms with van der Waals surface area (Å²) >= 11 is 0. The molecule has 1 rings (SSSR count). The molecular formula is C11H23NO. The lowest BCUT2D eigenvalue weighted by molar-refractivity contribution is 0.148. The zero-order valence-corrected chi connectivity index (χ0v) is 9.14. The number of hydrogen-bond donors (Lipinski definition) is 2. The minimum Gasteiger partial charge on any atom is -0.395 e. The molecule has 0 aromatic rings. The van der Waals surface area contributed by atoms with Crippen LogP contribution in [0.3, 0.4) is 0 Å². The Morgan fingerprint density at radius 3 is 2.23 bits per heavy atom. The number of hydrogen-bond acceptors (Lipinski definition) is 2. The Morgan fingerprint density at radius 1 is 1.31 bits per heavy atom. The Bertz CT molecular complexity index is 145. The van der Waals surface area contributed by atoms with Crippen molar-refractivity contribution in [2.75, 3.05) is 6.61 Å². The van der Waals surface area contributed by atoms with Crippen LogP contribution >= 0.6 is 0 Å². The van der Waals surface area contributed by atoms with E-state index in [0.29, 0.717) is 6.04 Å². The van der Waals surface area contributed by atoms with Gasteiger partial charge in [-0.15, -0.1) is 0 Å². The molecule has 0 spiro atoms. The van der Waals surface area contributed by atoms with Crippen molar-refractivity contribution in [2.24, 2.45) is 5.41 Å². The number of aliphatic hydroxyl groups excluding tert-OH is 1. The Kier molecular flexibility index (Phi) is 3.74. The highest BCUT2D eigenvalue weighted by molar-refractivity contribution is 4.85. The first-order valence-electron chi connectivity index (χ1n) is 5.41. The number of rotatable bonds is 3. The van der Waals surface area contributed by atoms with Crippen molar-refractivity contribution in [3.63, 3.8) is 0 Å². The summed E-state index contributed by atoms with van der Waals surface area (Å²) in [4.78, 5) is 0. The van der Waals surface area contributed by atoms with Gasteiger partial charge in [-0.05, 0) is 18.3 Å². The summed E-state index contributed by atoms with van der Waals surface area (Å²) in [5.74, 6) is 0. The monoisotopic (exact) mass is 185 g/mol. The van der Waals surface area contributed by atoms with Crippen LogP contribution < -0.4 is 5.32 Å². The molecule has 0 aromatic carbocycles. The maximum atomic E-state index is 9.26. The van der Waals surface area contributed by atoms with Gasteiger partial charge < -0.3 is 10.4 Å². The van der Waals surface area contributed by atoms with Gasteiger partial charge in [-0.2, -0.15) is 0 Å². The SMILES string of the molecule is CC(C)(C)C(CO)NC1CCCC1. The lowest BCUT2D eigenvalue weighted by Gasteiger charge is -2.32. The van der Waals surface area contributed by atoms with Crippen LogP contribution in [0.1, 0.15) is 46.5 Å². The smallest absolute Gasteiger partial charge is 0.0589 e. The molecule has 0 bridgehead atoms. The van der Waals surface area contributed by atoms with E-state index in [2.05, 4.69) is 26.1 Å². The first-order valence-corrected chi connectivity index (χ1v) is 5.41. The van der Waals surface area contributed by atoms with E-state index < -0.39 is 0 Å². The van der Waals surface area contributed by atoms with Gasteiger partial charge >= 0.3 is 0 Å². The molecule has 0 saturated heterocycles. The fourth-order valence-electron chi connectivity index (χ4n) is 1.95. The second kappa shape index (κ2) is 4.43. The summed E-state index contributed by atoms with van der Waals surface area (Å²) in [6.07, 6.45) is 5.26. The van der Waals surface area contributed by atoms with E-state index in [9.17, 15) is 5.11 Å². The Labute approximate surface area is 81.7 Å². The molecule has 0 amide bonds. The average Bonchev–Trinajstić information content (AvgIpc) is 2.49. The molecule has 0 aromatic heterocycles. The molecule has 1 saturated carbocycles. The third kappa shape index (κ3) is 3.28. The predicted octanol–water partition coefficient (Wildman–Crippen LogP) is 1.93. The van der Waals surface area contributed by atoms with E-state index in [1.165, 1.54) is 25.7 Å². The summed E-state index contributed by atoms with van der Waals surface area (Å²) in [6.45, 7) is 6.78. The van der Waals surface area contributed by atoms with Gasteiger partial charge in [-0.3, -0.25) is 0 Å². The highest BCUT2D eigenvalue weighted by atomic mass is 16.3. The van der Waals surface area contributed by atoms with Gasteiger partial charge in [0.2, 0.25) is 0 Å². The summed E-state index contributed by atoms with van der Waals surface area (Å²) in [5.41, 5.74) is 0.164. The normalized spacial score (nSPS) is 22.2. The van der Waals surface area contributed by atoms with Crippen molar-refractivity contribution in [3.8, 4) is 0 Å². The van der Waals surface area contributed by atoms with Crippen molar-refractivity contribution in [2.45, 2.75) is 58.5 Å². The number of nitrogens with one attached hydrogen (secondary N) is 1. The maximum Gasteiger partial charge on any atom is 0.0589 e. The highest BCUT2D eigenvalue weighted by Gasteiger charge is 2.27. The quantitative estimate of drug-likeness (QED) is 0.704. The van der Waals surface area contributed by atoms with E-state index in [4.69, 9.17) is 0 Å². The minimum atomic E-state index is 0.164. The Hall–Kier alpha value is -0.0800. The second-order valence-corrected chi connectivity index (χ2v) is 5.25. The lowest BCUT2D eigenvalue weighted by atomic mass is 9.86. The molecule has 0 aliphatic heterocycles. The van der Waals surface area contributed by atoms with E-state index >= 15 is 0 Å². The fraction of sp³-hybridized carbons (Fsp3) is 1.00. The Morgan fingerprint density at radius 2 is 1.85 bits per heavy atom. The van der Waals surface area contributed by atoms with Crippen LogP contribution in [0.4, 0.5) is 0 Å². The van der Waals surface area contributed by atoms with Crippen LogP contribution in [0.25, 0.3) is 0 Å². The highest BCUT2D eigenvalue weighted by Crippen LogP contribution is 2.23. The standard InChI is InChI=1S/C11H23NO/c1-11(2,3)10(8-13)12-9-6-4-5-7-9/h9-10,12-13H,4-8H2,1-3H3. The van der Waals surface area contributed by atoms with Crippen molar-refractivity contribution >= 4 is 0 Å². The van der Waals surface area contributed by atoms with Crippen molar-refractivity contribution in [1.82, 2.24) is 5.32 Å². The van der Waals surface area contributed by atoms with Crippen LogP contribution in [-0.4, -0.2) is 23.8 Å². The van der Waals surface area contributed by atoms with Crippen molar-refractivity contribution < 1.29 is 5.11 Å². The van der Waals surface area contributed by atoms with Gasteiger partial charge in [0.15, 0.2) is 0 Å². The van der Waals surface area contributed by atoms with Gasteiger partial charge in [0.05, 0.1) is 6.61 Å².